The first kappa shape index (κ1) is 21.1. The van der Waals surface area contributed by atoms with E-state index in [4.69, 9.17) is 19.3 Å². The number of carboxylic acids is 1. The Bertz CT molecular complexity index is 859. The van der Waals surface area contributed by atoms with Gasteiger partial charge in [-0.25, -0.2) is 4.79 Å². The van der Waals surface area contributed by atoms with Gasteiger partial charge in [0, 0.05) is 17.2 Å². The number of aliphatic carboxylic acids is 1. The van der Waals surface area contributed by atoms with Crippen LogP contribution in [0.4, 0.5) is 0 Å². The molecule has 2 aromatic carbocycles. The summed E-state index contributed by atoms with van der Waals surface area (Å²) >= 11 is 0. The van der Waals surface area contributed by atoms with Gasteiger partial charge in [-0.15, -0.1) is 0 Å². The van der Waals surface area contributed by atoms with Crippen molar-refractivity contribution in [3.63, 3.8) is 0 Å². The van der Waals surface area contributed by atoms with Crippen LogP contribution in [0, 0.1) is 0 Å². The maximum absolute atomic E-state index is 11.0. The lowest BCUT2D eigenvalue weighted by atomic mass is 10.0. The maximum atomic E-state index is 11.0. The standard InChI is InChI=1S/C23H26O5/c1-16(2)5-12-20-21(27-4)13-8-18(9-14-22(24)25)23(20)28-15-17-6-10-19(26-3)11-7-17/h5-11,13-14H,12,15H2,1-4H3,(H,24,25). The first-order valence-electron chi connectivity index (χ1n) is 8.94. The summed E-state index contributed by atoms with van der Waals surface area (Å²) in [7, 11) is 3.24. The van der Waals surface area contributed by atoms with Crippen LogP contribution < -0.4 is 14.2 Å². The molecule has 0 aliphatic rings. The lowest BCUT2D eigenvalue weighted by Gasteiger charge is -2.17. The molecule has 0 unspecified atom stereocenters. The second-order valence-electron chi connectivity index (χ2n) is 6.46. The average Bonchev–Trinajstić information content (AvgIpc) is 2.69. The molecule has 0 aliphatic carbocycles. The van der Waals surface area contributed by atoms with Gasteiger partial charge >= 0.3 is 5.97 Å². The molecule has 0 heterocycles. The van der Waals surface area contributed by atoms with Crippen molar-refractivity contribution in [3.05, 3.63) is 70.8 Å². The van der Waals surface area contributed by atoms with Gasteiger partial charge in [0.15, 0.2) is 0 Å². The zero-order valence-corrected chi connectivity index (χ0v) is 16.7. The molecule has 148 valence electrons. The van der Waals surface area contributed by atoms with Gasteiger partial charge in [-0.05, 0) is 56.2 Å². The Kier molecular flexibility index (Phi) is 7.69. The van der Waals surface area contributed by atoms with Gasteiger partial charge in [0.2, 0.25) is 0 Å². The molecule has 0 bridgehead atoms. The number of rotatable bonds is 9. The molecule has 0 aromatic heterocycles. The first-order chi connectivity index (χ1) is 13.4. The van der Waals surface area contributed by atoms with Gasteiger partial charge in [-0.2, -0.15) is 0 Å². The van der Waals surface area contributed by atoms with Gasteiger partial charge in [-0.3, -0.25) is 0 Å². The Hall–Kier alpha value is -3.21. The van der Waals surface area contributed by atoms with Crippen molar-refractivity contribution in [2.75, 3.05) is 14.2 Å². The zero-order valence-electron chi connectivity index (χ0n) is 16.7. The molecule has 0 radical (unpaired) electrons. The predicted octanol–water partition coefficient (Wildman–Crippen LogP) is 4.89. The number of allylic oxidation sites excluding steroid dienone is 2. The van der Waals surface area contributed by atoms with E-state index in [0.717, 1.165) is 23.0 Å². The quantitative estimate of drug-likeness (QED) is 0.494. The van der Waals surface area contributed by atoms with E-state index in [1.54, 1.807) is 20.3 Å². The number of methoxy groups -OCH3 is 2. The van der Waals surface area contributed by atoms with Crippen molar-refractivity contribution in [3.8, 4) is 17.2 Å². The van der Waals surface area contributed by atoms with Crippen molar-refractivity contribution in [2.24, 2.45) is 0 Å². The SMILES string of the molecule is COc1ccc(COc2c(C=CC(=O)O)ccc(OC)c2CC=C(C)C)cc1. The summed E-state index contributed by atoms with van der Waals surface area (Å²) < 4.78 is 16.8. The fourth-order valence-corrected chi connectivity index (χ4v) is 2.66. The molecule has 0 amide bonds. The Morgan fingerprint density at radius 2 is 1.75 bits per heavy atom. The fraction of sp³-hybridized carbons (Fsp3) is 0.261. The normalized spacial score (nSPS) is 10.6. The monoisotopic (exact) mass is 382 g/mol. The summed E-state index contributed by atoms with van der Waals surface area (Å²) in [6, 6.07) is 11.2. The van der Waals surface area contributed by atoms with Crippen molar-refractivity contribution >= 4 is 12.0 Å². The topological polar surface area (TPSA) is 65.0 Å². The van der Waals surface area contributed by atoms with Crippen LogP contribution >= 0.6 is 0 Å². The summed E-state index contributed by atoms with van der Waals surface area (Å²) in [5.74, 6) is 1.09. The van der Waals surface area contributed by atoms with Gasteiger partial charge < -0.3 is 19.3 Å². The molecule has 2 aromatic rings. The van der Waals surface area contributed by atoms with Crippen LogP contribution in [0.15, 0.2) is 54.1 Å². The molecular weight excluding hydrogens is 356 g/mol. The highest BCUT2D eigenvalue weighted by molar-refractivity contribution is 5.86. The molecule has 0 atom stereocenters. The second kappa shape index (κ2) is 10.2. The van der Waals surface area contributed by atoms with Crippen molar-refractivity contribution in [1.29, 1.82) is 0 Å². The minimum Gasteiger partial charge on any atom is -0.497 e. The second-order valence-corrected chi connectivity index (χ2v) is 6.46. The van der Waals surface area contributed by atoms with E-state index in [2.05, 4.69) is 6.08 Å². The largest absolute Gasteiger partial charge is 0.497 e. The number of hydrogen-bond donors (Lipinski definition) is 1. The lowest BCUT2D eigenvalue weighted by molar-refractivity contribution is -0.131. The van der Waals surface area contributed by atoms with Gasteiger partial charge in [-0.1, -0.05) is 23.8 Å². The van der Waals surface area contributed by atoms with E-state index < -0.39 is 5.97 Å². The first-order valence-corrected chi connectivity index (χ1v) is 8.94. The van der Waals surface area contributed by atoms with Crippen molar-refractivity contribution in [2.45, 2.75) is 26.9 Å². The minimum absolute atomic E-state index is 0.340. The van der Waals surface area contributed by atoms with Crippen LogP contribution in [0.25, 0.3) is 6.08 Å². The van der Waals surface area contributed by atoms with E-state index in [0.29, 0.717) is 30.1 Å². The van der Waals surface area contributed by atoms with Crippen LogP contribution in [-0.2, 0) is 17.8 Å². The summed E-state index contributed by atoms with van der Waals surface area (Å²) in [4.78, 5) is 11.0. The summed E-state index contributed by atoms with van der Waals surface area (Å²) in [6.07, 6.45) is 5.35. The summed E-state index contributed by atoms with van der Waals surface area (Å²) in [6.45, 7) is 4.39. The number of hydrogen-bond acceptors (Lipinski definition) is 4. The molecule has 0 saturated carbocycles. The Morgan fingerprint density at radius 1 is 1.04 bits per heavy atom. The molecule has 2 rings (SSSR count). The Labute approximate surface area is 165 Å². The molecule has 0 saturated heterocycles. The third kappa shape index (κ3) is 5.91. The Balaban J connectivity index is 2.41. The van der Waals surface area contributed by atoms with Crippen molar-refractivity contribution in [1.82, 2.24) is 0 Å². The third-order valence-electron chi connectivity index (χ3n) is 4.13. The molecule has 0 fully saturated rings. The smallest absolute Gasteiger partial charge is 0.328 e. The lowest BCUT2D eigenvalue weighted by Crippen LogP contribution is -2.03. The van der Waals surface area contributed by atoms with Crippen LogP contribution in [0.2, 0.25) is 0 Å². The number of carbonyl (C=O) groups is 1. The molecule has 28 heavy (non-hydrogen) atoms. The molecule has 5 nitrogen and oxygen atoms in total. The minimum atomic E-state index is -1.01. The van der Waals surface area contributed by atoms with Gasteiger partial charge in [0.1, 0.15) is 23.9 Å². The van der Waals surface area contributed by atoms with E-state index in [-0.39, 0.29) is 0 Å². The molecular formula is C23H26O5. The maximum Gasteiger partial charge on any atom is 0.328 e. The van der Waals surface area contributed by atoms with Gasteiger partial charge in [0.25, 0.3) is 0 Å². The van der Waals surface area contributed by atoms with E-state index in [1.807, 2.05) is 44.2 Å². The predicted molar refractivity (Wildman–Crippen MR) is 110 cm³/mol. The molecule has 0 spiro atoms. The van der Waals surface area contributed by atoms with Crippen LogP contribution in [-0.4, -0.2) is 25.3 Å². The highest BCUT2D eigenvalue weighted by atomic mass is 16.5. The number of carboxylic acid groups (broad SMARTS) is 1. The highest BCUT2D eigenvalue weighted by Gasteiger charge is 2.14. The van der Waals surface area contributed by atoms with Crippen molar-refractivity contribution < 1.29 is 24.1 Å². The van der Waals surface area contributed by atoms with E-state index in [1.165, 1.54) is 11.6 Å². The average molecular weight is 382 g/mol. The Morgan fingerprint density at radius 3 is 2.32 bits per heavy atom. The number of ether oxygens (including phenoxy) is 3. The van der Waals surface area contributed by atoms with Gasteiger partial charge in [0.05, 0.1) is 14.2 Å². The molecule has 1 N–H and O–H groups in total. The highest BCUT2D eigenvalue weighted by Crippen LogP contribution is 2.35. The third-order valence-corrected chi connectivity index (χ3v) is 4.13. The van der Waals surface area contributed by atoms with Crippen LogP contribution in [0.5, 0.6) is 17.2 Å². The molecule has 0 aliphatic heterocycles. The van der Waals surface area contributed by atoms with Crippen LogP contribution in [0.1, 0.15) is 30.5 Å². The van der Waals surface area contributed by atoms with E-state index >= 15 is 0 Å². The fourth-order valence-electron chi connectivity index (χ4n) is 2.66. The van der Waals surface area contributed by atoms with E-state index in [9.17, 15) is 4.79 Å². The summed E-state index contributed by atoms with van der Waals surface area (Å²) in [5, 5.41) is 9.00. The zero-order chi connectivity index (χ0) is 20.5. The molecule has 5 heteroatoms. The summed E-state index contributed by atoms with van der Waals surface area (Å²) in [5.41, 5.74) is 3.72. The number of benzene rings is 2. The van der Waals surface area contributed by atoms with Crippen LogP contribution in [0.3, 0.4) is 0 Å².